The van der Waals surface area contributed by atoms with E-state index in [0.717, 1.165) is 32.4 Å². The van der Waals surface area contributed by atoms with Gasteiger partial charge in [0.15, 0.2) is 0 Å². The van der Waals surface area contributed by atoms with Crippen molar-refractivity contribution >= 4 is 18.3 Å². The lowest BCUT2D eigenvalue weighted by Gasteiger charge is -2.43. The van der Waals surface area contributed by atoms with Gasteiger partial charge in [-0.15, -0.1) is 12.4 Å². The van der Waals surface area contributed by atoms with E-state index in [1.807, 2.05) is 0 Å². The molecule has 0 spiro atoms. The van der Waals surface area contributed by atoms with Crippen molar-refractivity contribution in [2.45, 2.75) is 57.4 Å². The monoisotopic (exact) mass is 330 g/mol. The van der Waals surface area contributed by atoms with Gasteiger partial charge < -0.3 is 15.8 Å². The summed E-state index contributed by atoms with van der Waals surface area (Å²) in [6.07, 6.45) is 9.30. The lowest BCUT2D eigenvalue weighted by Crippen LogP contribution is -2.49. The first-order valence-electron chi connectivity index (χ1n) is 8.66. The van der Waals surface area contributed by atoms with Crippen molar-refractivity contribution in [2.75, 3.05) is 20.3 Å². The Morgan fingerprint density at radius 3 is 2.45 bits per heavy atom. The van der Waals surface area contributed by atoms with E-state index >= 15 is 0 Å². The molecule has 0 radical (unpaired) electrons. The van der Waals surface area contributed by atoms with E-state index in [-0.39, 0.29) is 24.2 Å². The quantitative estimate of drug-likeness (QED) is 0.786. The summed E-state index contributed by atoms with van der Waals surface area (Å²) in [6, 6.07) is 0.347. The molecule has 3 aliphatic rings. The van der Waals surface area contributed by atoms with Crippen LogP contribution in [0.15, 0.2) is 0 Å². The minimum atomic E-state index is 0. The van der Waals surface area contributed by atoms with Crippen molar-refractivity contribution in [1.82, 2.24) is 5.32 Å². The highest BCUT2D eigenvalue weighted by Gasteiger charge is 2.44. The van der Waals surface area contributed by atoms with Crippen LogP contribution in [0.5, 0.6) is 0 Å². The Morgan fingerprint density at radius 2 is 1.91 bits per heavy atom. The van der Waals surface area contributed by atoms with Crippen LogP contribution >= 0.6 is 12.4 Å². The molecule has 3 N–H and O–H groups in total. The molecule has 0 aromatic carbocycles. The summed E-state index contributed by atoms with van der Waals surface area (Å²) in [5.74, 6) is 1.65. The van der Waals surface area contributed by atoms with Gasteiger partial charge in [0, 0.05) is 32.2 Å². The predicted octanol–water partition coefficient (Wildman–Crippen LogP) is 2.49. The Balaban J connectivity index is 0.00000176. The highest BCUT2D eigenvalue weighted by Crippen LogP contribution is 2.48. The zero-order valence-electron chi connectivity index (χ0n) is 13.7. The molecule has 2 unspecified atom stereocenters. The van der Waals surface area contributed by atoms with Crippen LogP contribution in [-0.2, 0) is 9.53 Å². The van der Waals surface area contributed by atoms with E-state index in [1.54, 1.807) is 7.11 Å². The first-order chi connectivity index (χ1) is 10.1. The van der Waals surface area contributed by atoms with Crippen LogP contribution in [-0.4, -0.2) is 32.2 Å². The Morgan fingerprint density at radius 1 is 1.27 bits per heavy atom. The standard InChI is InChI=1S/C17H30N2O2.ClH/c1-21-8-7-17(5-6-17)11-19-16(20)14-9-12-3-2-4-13(10-14)15(12)18;/h12-15H,2-11,18H2,1H3,(H,19,20);1H. The number of fused-ring (bicyclic) bond motifs is 2. The van der Waals surface area contributed by atoms with E-state index in [4.69, 9.17) is 10.5 Å². The maximum Gasteiger partial charge on any atom is 0.223 e. The van der Waals surface area contributed by atoms with E-state index in [0.29, 0.717) is 23.3 Å². The molecule has 3 saturated carbocycles. The number of carbonyl (C=O) groups is 1. The smallest absolute Gasteiger partial charge is 0.223 e. The third kappa shape index (κ3) is 3.95. The van der Waals surface area contributed by atoms with Crippen molar-refractivity contribution in [3.8, 4) is 0 Å². The normalized spacial score (nSPS) is 35.4. The summed E-state index contributed by atoms with van der Waals surface area (Å²) < 4.78 is 5.18. The van der Waals surface area contributed by atoms with Crippen molar-refractivity contribution in [3.63, 3.8) is 0 Å². The number of halogens is 1. The van der Waals surface area contributed by atoms with Crippen LogP contribution in [0.1, 0.15) is 51.4 Å². The maximum absolute atomic E-state index is 12.5. The number of ether oxygens (including phenoxy) is 1. The molecule has 4 nitrogen and oxygen atoms in total. The van der Waals surface area contributed by atoms with Gasteiger partial charge in [-0.25, -0.2) is 0 Å². The van der Waals surface area contributed by atoms with Crippen molar-refractivity contribution < 1.29 is 9.53 Å². The summed E-state index contributed by atoms with van der Waals surface area (Å²) in [6.45, 7) is 1.64. The highest BCUT2D eigenvalue weighted by atomic mass is 35.5. The third-order valence-corrected chi connectivity index (χ3v) is 6.22. The molecule has 5 heteroatoms. The minimum absolute atomic E-state index is 0. The number of methoxy groups -OCH3 is 1. The van der Waals surface area contributed by atoms with Crippen LogP contribution < -0.4 is 11.1 Å². The van der Waals surface area contributed by atoms with Crippen LogP contribution in [0.4, 0.5) is 0 Å². The second kappa shape index (κ2) is 7.50. The lowest BCUT2D eigenvalue weighted by atomic mass is 9.65. The molecule has 3 fully saturated rings. The van der Waals surface area contributed by atoms with Gasteiger partial charge in [0.2, 0.25) is 5.91 Å². The molecule has 2 atom stereocenters. The third-order valence-electron chi connectivity index (χ3n) is 6.22. The van der Waals surface area contributed by atoms with Gasteiger partial charge in [-0.05, 0) is 62.2 Å². The molecule has 0 aromatic rings. The number of nitrogens with two attached hydrogens (primary N) is 1. The fourth-order valence-electron chi connectivity index (χ4n) is 4.43. The molecule has 22 heavy (non-hydrogen) atoms. The second-order valence-corrected chi connectivity index (χ2v) is 7.66. The van der Waals surface area contributed by atoms with E-state index in [1.165, 1.54) is 32.1 Å². The van der Waals surface area contributed by atoms with Gasteiger partial charge in [0.05, 0.1) is 0 Å². The van der Waals surface area contributed by atoms with E-state index < -0.39 is 0 Å². The average molecular weight is 331 g/mol. The summed E-state index contributed by atoms with van der Waals surface area (Å²) >= 11 is 0. The molecule has 0 saturated heterocycles. The van der Waals surface area contributed by atoms with Crippen LogP contribution in [0.2, 0.25) is 0 Å². The molecule has 1 amide bonds. The number of carbonyl (C=O) groups excluding carboxylic acids is 1. The first-order valence-corrected chi connectivity index (χ1v) is 8.66. The summed E-state index contributed by atoms with van der Waals surface area (Å²) in [4.78, 5) is 12.5. The first kappa shape index (κ1) is 18.0. The van der Waals surface area contributed by atoms with Gasteiger partial charge in [-0.2, -0.15) is 0 Å². The maximum atomic E-state index is 12.5. The lowest BCUT2D eigenvalue weighted by molar-refractivity contribution is -0.128. The number of nitrogens with one attached hydrogen (secondary N) is 1. The van der Waals surface area contributed by atoms with Crippen LogP contribution in [0.3, 0.4) is 0 Å². The zero-order valence-corrected chi connectivity index (χ0v) is 14.5. The summed E-state index contributed by atoms with van der Waals surface area (Å²) in [7, 11) is 1.75. The zero-order chi connectivity index (χ0) is 14.9. The molecule has 2 bridgehead atoms. The average Bonchev–Trinajstić information content (AvgIpc) is 3.23. The Kier molecular flexibility index (Phi) is 6.14. The second-order valence-electron chi connectivity index (χ2n) is 7.66. The molecular formula is C17H31ClN2O2. The number of rotatable bonds is 6. The van der Waals surface area contributed by atoms with Crippen LogP contribution in [0, 0.1) is 23.2 Å². The number of hydrogen-bond donors (Lipinski definition) is 2. The van der Waals surface area contributed by atoms with Gasteiger partial charge in [-0.3, -0.25) is 4.79 Å². The highest BCUT2D eigenvalue weighted by molar-refractivity contribution is 5.85. The molecule has 0 aromatic heterocycles. The van der Waals surface area contributed by atoms with Crippen molar-refractivity contribution in [3.05, 3.63) is 0 Å². The van der Waals surface area contributed by atoms with Crippen molar-refractivity contribution in [1.29, 1.82) is 0 Å². The fourth-order valence-corrected chi connectivity index (χ4v) is 4.43. The summed E-state index contributed by atoms with van der Waals surface area (Å²) in [5, 5.41) is 3.23. The van der Waals surface area contributed by atoms with E-state index in [9.17, 15) is 4.79 Å². The SMILES string of the molecule is COCCC1(CNC(=O)C2CC3CCCC(C2)C3N)CC1.Cl. The fraction of sp³-hybridized carbons (Fsp3) is 0.941. The Hall–Kier alpha value is -0.320. The summed E-state index contributed by atoms with van der Waals surface area (Å²) in [5.41, 5.74) is 6.65. The largest absolute Gasteiger partial charge is 0.385 e. The molecule has 3 rings (SSSR count). The molecule has 0 aliphatic heterocycles. The number of hydrogen-bond acceptors (Lipinski definition) is 3. The van der Waals surface area contributed by atoms with Gasteiger partial charge in [-0.1, -0.05) is 6.42 Å². The predicted molar refractivity (Wildman–Crippen MR) is 89.9 cm³/mol. The van der Waals surface area contributed by atoms with Crippen LogP contribution in [0.25, 0.3) is 0 Å². The molecular weight excluding hydrogens is 300 g/mol. The molecule has 128 valence electrons. The van der Waals surface area contributed by atoms with Crippen molar-refractivity contribution in [2.24, 2.45) is 28.9 Å². The molecule has 0 heterocycles. The van der Waals surface area contributed by atoms with Gasteiger partial charge in [0.1, 0.15) is 0 Å². The van der Waals surface area contributed by atoms with Gasteiger partial charge in [0.25, 0.3) is 0 Å². The topological polar surface area (TPSA) is 64.3 Å². The Labute approximate surface area is 140 Å². The Bertz CT molecular complexity index is 373. The molecule has 3 aliphatic carbocycles. The van der Waals surface area contributed by atoms with E-state index in [2.05, 4.69) is 5.32 Å². The van der Waals surface area contributed by atoms with Gasteiger partial charge >= 0.3 is 0 Å². The minimum Gasteiger partial charge on any atom is -0.385 e. The number of amides is 1.